The van der Waals surface area contributed by atoms with Crippen molar-refractivity contribution in [2.75, 3.05) is 17.7 Å². The molecule has 0 amide bonds. The third kappa shape index (κ3) is 3.06. The molecule has 2 aromatic carbocycles. The summed E-state index contributed by atoms with van der Waals surface area (Å²) >= 11 is 6.49. The Balaban J connectivity index is 1.90. The zero-order chi connectivity index (χ0) is 19.8. The van der Waals surface area contributed by atoms with Crippen molar-refractivity contribution < 1.29 is 14.3 Å². The van der Waals surface area contributed by atoms with E-state index in [0.29, 0.717) is 17.0 Å². The van der Waals surface area contributed by atoms with Crippen LogP contribution in [-0.4, -0.2) is 18.9 Å². The van der Waals surface area contributed by atoms with Crippen molar-refractivity contribution in [2.24, 2.45) is 11.8 Å². The Morgan fingerprint density at radius 2 is 1.79 bits per heavy atom. The Morgan fingerprint density at radius 3 is 2.50 bits per heavy atom. The van der Waals surface area contributed by atoms with Crippen molar-refractivity contribution in [3.63, 3.8) is 0 Å². The van der Waals surface area contributed by atoms with E-state index < -0.39 is 17.9 Å². The summed E-state index contributed by atoms with van der Waals surface area (Å²) in [6.07, 6.45) is 0.567. The molecule has 28 heavy (non-hydrogen) atoms. The number of esters is 1. The van der Waals surface area contributed by atoms with Gasteiger partial charge in [-0.3, -0.25) is 9.59 Å². The first-order chi connectivity index (χ1) is 13.5. The fourth-order valence-electron chi connectivity index (χ4n) is 4.08. The van der Waals surface area contributed by atoms with Crippen molar-refractivity contribution in [1.29, 1.82) is 0 Å². The number of nitrogens with one attached hydrogen (secondary N) is 2. The first-order valence-corrected chi connectivity index (χ1v) is 9.61. The highest BCUT2D eigenvalue weighted by Crippen LogP contribution is 2.44. The molecule has 0 unspecified atom stereocenters. The number of hydrogen-bond acceptors (Lipinski definition) is 5. The summed E-state index contributed by atoms with van der Waals surface area (Å²) in [7, 11) is 1.32. The molecule has 2 aromatic rings. The minimum Gasteiger partial charge on any atom is -0.468 e. The lowest BCUT2D eigenvalue weighted by atomic mass is 9.75. The molecule has 0 radical (unpaired) electrons. The molecule has 0 bridgehead atoms. The van der Waals surface area contributed by atoms with Crippen LogP contribution in [-0.2, 0) is 14.3 Å². The molecule has 0 spiro atoms. The summed E-state index contributed by atoms with van der Waals surface area (Å²) in [5.41, 5.74) is 3.91. The molecule has 0 fully saturated rings. The van der Waals surface area contributed by atoms with Crippen LogP contribution in [0.4, 0.5) is 11.4 Å². The zero-order valence-corrected chi connectivity index (χ0v) is 16.4. The highest BCUT2D eigenvalue weighted by Gasteiger charge is 2.44. The number of benzene rings is 2. The maximum Gasteiger partial charge on any atom is 0.316 e. The summed E-state index contributed by atoms with van der Waals surface area (Å²) in [5.74, 6) is -1.70. The smallest absolute Gasteiger partial charge is 0.316 e. The summed E-state index contributed by atoms with van der Waals surface area (Å²) < 4.78 is 4.92. The molecule has 6 heteroatoms. The molecule has 0 saturated heterocycles. The Labute approximate surface area is 168 Å². The number of ether oxygens (including phenoxy) is 1. The molecule has 144 valence electrons. The summed E-state index contributed by atoms with van der Waals surface area (Å²) in [4.78, 5) is 25.8. The monoisotopic (exact) mass is 396 g/mol. The normalized spacial score (nSPS) is 23.7. The topological polar surface area (TPSA) is 67.4 Å². The van der Waals surface area contributed by atoms with Gasteiger partial charge in [0.05, 0.1) is 24.5 Å². The summed E-state index contributed by atoms with van der Waals surface area (Å²) in [6.45, 7) is 1.90. The Bertz CT molecular complexity index is 985. The van der Waals surface area contributed by atoms with E-state index in [1.54, 1.807) is 6.07 Å². The number of Topliss-reactive ketones (excluding diaryl/α,β-unsaturated/α-hetero) is 1. The molecular formula is C22H21ClN2O3. The highest BCUT2D eigenvalue weighted by atomic mass is 35.5. The van der Waals surface area contributed by atoms with Crippen molar-refractivity contribution in [3.05, 3.63) is 70.4 Å². The van der Waals surface area contributed by atoms with Gasteiger partial charge < -0.3 is 15.4 Å². The van der Waals surface area contributed by atoms with E-state index in [1.165, 1.54) is 7.11 Å². The average Bonchev–Trinajstić information content (AvgIpc) is 2.84. The van der Waals surface area contributed by atoms with Crippen molar-refractivity contribution in [2.45, 2.75) is 19.4 Å². The van der Waals surface area contributed by atoms with Crippen LogP contribution < -0.4 is 10.6 Å². The third-order valence-electron chi connectivity index (χ3n) is 5.44. The molecular weight excluding hydrogens is 376 g/mol. The Morgan fingerprint density at radius 1 is 1.11 bits per heavy atom. The third-order valence-corrected chi connectivity index (χ3v) is 5.78. The second-order valence-corrected chi connectivity index (χ2v) is 7.62. The quantitative estimate of drug-likeness (QED) is 0.575. The molecule has 1 heterocycles. The van der Waals surface area contributed by atoms with E-state index >= 15 is 0 Å². The molecule has 2 N–H and O–H groups in total. The fraction of sp³-hybridized carbons (Fsp3) is 0.273. The van der Waals surface area contributed by atoms with E-state index in [9.17, 15) is 9.59 Å². The van der Waals surface area contributed by atoms with Crippen LogP contribution in [0, 0.1) is 11.8 Å². The highest BCUT2D eigenvalue weighted by molar-refractivity contribution is 6.31. The number of rotatable bonds is 2. The summed E-state index contributed by atoms with van der Waals surface area (Å²) in [6, 6.07) is 14.8. The van der Waals surface area contributed by atoms with Crippen LogP contribution in [0.3, 0.4) is 0 Å². The fourth-order valence-corrected chi connectivity index (χ4v) is 4.32. The minimum absolute atomic E-state index is 0.164. The van der Waals surface area contributed by atoms with Crippen molar-refractivity contribution in [3.8, 4) is 0 Å². The van der Waals surface area contributed by atoms with Gasteiger partial charge in [0, 0.05) is 16.3 Å². The van der Waals surface area contributed by atoms with E-state index in [2.05, 4.69) is 10.6 Å². The zero-order valence-electron chi connectivity index (χ0n) is 15.7. The first-order valence-electron chi connectivity index (χ1n) is 9.23. The maximum atomic E-state index is 13.5. The maximum absolute atomic E-state index is 13.5. The molecule has 1 aliphatic carbocycles. The summed E-state index contributed by atoms with van der Waals surface area (Å²) in [5, 5.41) is 7.44. The van der Waals surface area contributed by atoms with Gasteiger partial charge in [0.25, 0.3) is 0 Å². The lowest BCUT2D eigenvalue weighted by Crippen LogP contribution is -2.39. The number of hydrogen-bond donors (Lipinski definition) is 2. The van der Waals surface area contributed by atoms with Gasteiger partial charge in [-0.2, -0.15) is 0 Å². The van der Waals surface area contributed by atoms with Gasteiger partial charge in [0.1, 0.15) is 5.92 Å². The van der Waals surface area contributed by atoms with Gasteiger partial charge in [0.15, 0.2) is 5.78 Å². The molecule has 3 atom stereocenters. The predicted molar refractivity (Wildman–Crippen MR) is 109 cm³/mol. The molecule has 4 rings (SSSR count). The number of halogens is 1. The minimum atomic E-state index is -0.821. The second-order valence-electron chi connectivity index (χ2n) is 7.21. The van der Waals surface area contributed by atoms with Crippen LogP contribution in [0.15, 0.2) is 59.8 Å². The number of methoxy groups -OCH3 is 1. The number of anilines is 2. The Kier molecular flexibility index (Phi) is 4.85. The van der Waals surface area contributed by atoms with Gasteiger partial charge >= 0.3 is 5.97 Å². The van der Waals surface area contributed by atoms with Crippen LogP contribution in [0.25, 0.3) is 0 Å². The van der Waals surface area contributed by atoms with E-state index in [0.717, 1.165) is 22.6 Å². The van der Waals surface area contributed by atoms with Crippen molar-refractivity contribution in [1.82, 2.24) is 0 Å². The van der Waals surface area contributed by atoms with E-state index in [1.807, 2.05) is 49.4 Å². The van der Waals surface area contributed by atoms with Crippen LogP contribution in [0.5, 0.6) is 0 Å². The largest absolute Gasteiger partial charge is 0.468 e. The number of ketones is 1. The number of carbonyl (C=O) groups excluding carboxylic acids is 2. The van der Waals surface area contributed by atoms with Crippen molar-refractivity contribution >= 4 is 34.7 Å². The van der Waals surface area contributed by atoms with Gasteiger partial charge in [-0.15, -0.1) is 0 Å². The number of para-hydroxylation sites is 2. The Hall–Kier alpha value is -2.79. The van der Waals surface area contributed by atoms with Gasteiger partial charge in [0.2, 0.25) is 0 Å². The van der Waals surface area contributed by atoms with E-state index in [-0.39, 0.29) is 11.7 Å². The SMILES string of the molecule is COC(=O)[C@H]1C(=O)C2=C(C[C@@H]1C)Nc1ccccc1N[C@H]2c1ccccc1Cl. The van der Waals surface area contributed by atoms with Crippen LogP contribution in [0.1, 0.15) is 24.9 Å². The molecule has 2 aliphatic rings. The predicted octanol–water partition coefficient (Wildman–Crippen LogP) is 4.57. The lowest BCUT2D eigenvalue weighted by molar-refractivity contribution is -0.151. The number of fused-ring (bicyclic) bond motifs is 1. The lowest BCUT2D eigenvalue weighted by Gasteiger charge is -2.32. The number of allylic oxidation sites excluding steroid dienone is 1. The molecule has 0 saturated carbocycles. The van der Waals surface area contributed by atoms with E-state index in [4.69, 9.17) is 16.3 Å². The average molecular weight is 397 g/mol. The number of carbonyl (C=O) groups is 2. The van der Waals surface area contributed by atoms with Crippen LogP contribution in [0.2, 0.25) is 5.02 Å². The molecule has 1 aliphatic heterocycles. The molecule has 5 nitrogen and oxygen atoms in total. The van der Waals surface area contributed by atoms with Gasteiger partial charge in [-0.25, -0.2) is 0 Å². The van der Waals surface area contributed by atoms with Crippen LogP contribution >= 0.6 is 11.6 Å². The molecule has 0 aromatic heterocycles. The first kappa shape index (κ1) is 18.6. The standard InChI is InChI=1S/C22H21ClN2O3/c1-12-11-17-19(21(26)18(12)22(27)28-2)20(13-7-3-4-8-14(13)23)25-16-10-6-5-9-15(16)24-17/h3-10,12,18,20,24-25H,11H2,1-2H3/t12-,18+,20-/m0/s1. The second kappa shape index (κ2) is 7.32. The van der Waals surface area contributed by atoms with Gasteiger partial charge in [-0.1, -0.05) is 48.9 Å². The van der Waals surface area contributed by atoms with Gasteiger partial charge in [-0.05, 0) is 36.1 Å².